The first-order chi connectivity index (χ1) is 7.60. The molecule has 3 rings (SSSR count). The summed E-state index contributed by atoms with van der Waals surface area (Å²) < 4.78 is 10.3. The van der Waals surface area contributed by atoms with Crippen LogP contribution >= 0.6 is 0 Å². The molecular weight excluding hydrogens is 212 g/mol. The maximum absolute atomic E-state index is 11.4. The Kier molecular flexibility index (Phi) is 2.24. The van der Waals surface area contributed by atoms with Gasteiger partial charge in [-0.05, 0) is 12.8 Å². The van der Waals surface area contributed by atoms with Crippen LogP contribution in [-0.2, 0) is 14.3 Å². The molecule has 3 fully saturated rings. The molecule has 0 radical (unpaired) electrons. The minimum atomic E-state index is -0.891. The van der Waals surface area contributed by atoms with Gasteiger partial charge >= 0.3 is 5.97 Å². The molecule has 90 valence electrons. The number of hydrogen-bond acceptors (Lipinski definition) is 4. The van der Waals surface area contributed by atoms with E-state index in [1.54, 1.807) is 0 Å². The van der Waals surface area contributed by atoms with Gasteiger partial charge in [0.15, 0.2) is 6.29 Å². The van der Waals surface area contributed by atoms with Crippen LogP contribution in [0.1, 0.15) is 32.1 Å². The van der Waals surface area contributed by atoms with Crippen molar-refractivity contribution < 1.29 is 24.5 Å². The zero-order valence-corrected chi connectivity index (χ0v) is 9.02. The summed E-state index contributed by atoms with van der Waals surface area (Å²) in [6.45, 7) is 0. The number of ether oxygens (including phenoxy) is 2. The molecule has 2 aliphatic heterocycles. The molecule has 5 heteroatoms. The van der Waals surface area contributed by atoms with Crippen LogP contribution in [0.5, 0.6) is 0 Å². The third kappa shape index (κ3) is 1.31. The summed E-state index contributed by atoms with van der Waals surface area (Å²) in [5.41, 5.74) is -0.828. The summed E-state index contributed by atoms with van der Waals surface area (Å²) in [5, 5.41) is 18.1. The highest BCUT2D eigenvalue weighted by Gasteiger charge is 2.64. The first-order valence-electron chi connectivity index (χ1n) is 5.88. The largest absolute Gasteiger partial charge is 0.436 e. The number of carbonyl (C=O) groups excluding carboxylic acids is 1. The van der Waals surface area contributed by atoms with Gasteiger partial charge in [0, 0.05) is 12.3 Å². The monoisotopic (exact) mass is 229 g/mol. The van der Waals surface area contributed by atoms with Gasteiger partial charge in [-0.1, -0.05) is 6.42 Å². The van der Waals surface area contributed by atoms with E-state index < -0.39 is 18.2 Å². The van der Waals surface area contributed by atoms with Crippen LogP contribution < -0.4 is 0 Å². The first kappa shape index (κ1) is 10.5. The van der Waals surface area contributed by atoms with E-state index in [0.29, 0.717) is 12.8 Å². The van der Waals surface area contributed by atoms with Crippen molar-refractivity contribution in [1.82, 2.24) is 0 Å². The van der Waals surface area contributed by atoms with Gasteiger partial charge in [-0.3, -0.25) is 4.79 Å². The van der Waals surface area contributed by atoms with Crippen LogP contribution in [0.2, 0.25) is 0 Å². The second-order valence-corrected chi connectivity index (χ2v) is 5.11. The SMILES string of the molecule is O=C1CC2CCC[C@@H]3CC(O)OC(O1)C23[OH2+]. The molecule has 4 unspecified atom stereocenters. The third-order valence-corrected chi connectivity index (χ3v) is 4.26. The summed E-state index contributed by atoms with van der Waals surface area (Å²) in [4.78, 5) is 11.4. The van der Waals surface area contributed by atoms with E-state index in [0.717, 1.165) is 19.3 Å². The Morgan fingerprint density at radius 2 is 2.12 bits per heavy atom. The van der Waals surface area contributed by atoms with E-state index >= 15 is 0 Å². The van der Waals surface area contributed by atoms with E-state index in [9.17, 15) is 9.90 Å². The van der Waals surface area contributed by atoms with Crippen molar-refractivity contribution in [3.05, 3.63) is 0 Å². The first-order valence-corrected chi connectivity index (χ1v) is 5.88. The standard InChI is InChI=1S/C11H16O5/c12-8-4-6-2-1-3-7-5-9(13)16-10(15-8)11(6,7)14/h6-8,10,12,14H,1-5H2/p+1/t6-,7?,8?,10?,11?/m1/s1. The Balaban J connectivity index is 1.95. The second kappa shape index (κ2) is 3.42. The van der Waals surface area contributed by atoms with Gasteiger partial charge in [0.25, 0.3) is 6.29 Å². The molecule has 0 aromatic rings. The molecule has 2 saturated heterocycles. The maximum atomic E-state index is 11.4. The fraction of sp³-hybridized carbons (Fsp3) is 0.909. The summed E-state index contributed by atoms with van der Waals surface area (Å²) in [7, 11) is 0. The number of aliphatic hydroxyl groups excluding tert-OH is 1. The Hall–Kier alpha value is -0.650. The lowest BCUT2D eigenvalue weighted by Crippen LogP contribution is -2.65. The lowest BCUT2D eigenvalue weighted by atomic mass is 9.63. The summed E-state index contributed by atoms with van der Waals surface area (Å²) in [6.07, 6.45) is 1.91. The lowest BCUT2D eigenvalue weighted by molar-refractivity contribution is -0.356. The van der Waals surface area contributed by atoms with Gasteiger partial charge < -0.3 is 19.7 Å². The van der Waals surface area contributed by atoms with Crippen molar-refractivity contribution in [1.29, 1.82) is 0 Å². The van der Waals surface area contributed by atoms with Crippen molar-refractivity contribution >= 4 is 5.97 Å². The number of aliphatic hydroxyl groups is 1. The molecule has 5 nitrogen and oxygen atoms in total. The van der Waals surface area contributed by atoms with Crippen molar-refractivity contribution in [2.24, 2.45) is 11.8 Å². The van der Waals surface area contributed by atoms with Crippen LogP contribution in [-0.4, -0.2) is 34.4 Å². The molecule has 3 N–H and O–H groups in total. The van der Waals surface area contributed by atoms with Gasteiger partial charge in [-0.25, -0.2) is 0 Å². The Morgan fingerprint density at radius 1 is 1.38 bits per heavy atom. The summed E-state index contributed by atoms with van der Waals surface area (Å²) >= 11 is 0. The van der Waals surface area contributed by atoms with Crippen molar-refractivity contribution in [3.8, 4) is 0 Å². The highest BCUT2D eigenvalue weighted by Crippen LogP contribution is 2.50. The molecule has 3 aliphatic rings. The van der Waals surface area contributed by atoms with E-state index in [1.807, 2.05) is 0 Å². The van der Waals surface area contributed by atoms with Crippen molar-refractivity contribution in [3.63, 3.8) is 0 Å². The Labute approximate surface area is 93.3 Å². The number of hydrogen-bond donors (Lipinski definition) is 1. The quantitative estimate of drug-likeness (QED) is 0.464. The third-order valence-electron chi connectivity index (χ3n) is 4.26. The smallest absolute Gasteiger partial charge is 0.309 e. The van der Waals surface area contributed by atoms with E-state index in [2.05, 4.69) is 0 Å². The van der Waals surface area contributed by atoms with Crippen LogP contribution in [0.3, 0.4) is 0 Å². The minimum absolute atomic E-state index is 0.0324. The molecule has 0 aromatic carbocycles. The average molecular weight is 229 g/mol. The summed E-state index contributed by atoms with van der Waals surface area (Å²) in [6, 6.07) is 0. The second-order valence-electron chi connectivity index (χ2n) is 5.11. The van der Waals surface area contributed by atoms with Crippen molar-refractivity contribution in [2.45, 2.75) is 50.3 Å². The number of carbonyl (C=O) groups is 1. The molecule has 5 atom stereocenters. The molecule has 16 heavy (non-hydrogen) atoms. The van der Waals surface area contributed by atoms with Gasteiger partial charge in [-0.15, -0.1) is 0 Å². The summed E-state index contributed by atoms with van der Waals surface area (Å²) in [5.74, 6) is -0.175. The fourth-order valence-corrected chi connectivity index (χ4v) is 3.44. The Bertz CT molecular complexity index is 317. The zero-order chi connectivity index (χ0) is 11.3. The van der Waals surface area contributed by atoms with E-state index in [4.69, 9.17) is 14.6 Å². The van der Waals surface area contributed by atoms with E-state index in [-0.39, 0.29) is 17.8 Å². The van der Waals surface area contributed by atoms with Crippen molar-refractivity contribution in [2.75, 3.05) is 0 Å². The fourth-order valence-electron chi connectivity index (χ4n) is 3.44. The van der Waals surface area contributed by atoms with Gasteiger partial charge in [0.2, 0.25) is 5.60 Å². The molecule has 0 spiro atoms. The molecule has 0 aromatic heterocycles. The van der Waals surface area contributed by atoms with Gasteiger partial charge in [-0.2, -0.15) is 0 Å². The molecular formula is C11H17O5+. The Morgan fingerprint density at radius 3 is 2.94 bits per heavy atom. The zero-order valence-electron chi connectivity index (χ0n) is 9.02. The highest BCUT2D eigenvalue weighted by molar-refractivity contribution is 5.71. The van der Waals surface area contributed by atoms with Crippen LogP contribution in [0.15, 0.2) is 0 Å². The van der Waals surface area contributed by atoms with Gasteiger partial charge in [0.1, 0.15) is 0 Å². The molecule has 1 saturated carbocycles. The minimum Gasteiger partial charge on any atom is -0.436 e. The van der Waals surface area contributed by atoms with E-state index in [1.165, 1.54) is 0 Å². The normalized spacial score (nSPS) is 51.8. The topological polar surface area (TPSA) is 78.7 Å². The highest BCUT2D eigenvalue weighted by atomic mass is 16.8. The number of esters is 1. The van der Waals surface area contributed by atoms with Crippen LogP contribution in [0.4, 0.5) is 0 Å². The van der Waals surface area contributed by atoms with Crippen LogP contribution in [0.25, 0.3) is 0 Å². The lowest BCUT2D eigenvalue weighted by Gasteiger charge is -2.51. The molecule has 2 heterocycles. The van der Waals surface area contributed by atoms with Gasteiger partial charge in [0.05, 0.1) is 12.3 Å². The molecule has 0 amide bonds. The maximum Gasteiger partial charge on any atom is 0.309 e. The van der Waals surface area contributed by atoms with Crippen LogP contribution in [0, 0.1) is 11.8 Å². The molecule has 0 bridgehead atoms. The molecule has 1 aliphatic carbocycles. The average Bonchev–Trinajstić information content (AvgIpc) is 2.20. The predicted molar refractivity (Wildman–Crippen MR) is 53.4 cm³/mol. The predicted octanol–water partition coefficient (Wildman–Crippen LogP) is -0.122. The number of rotatable bonds is 0.